The van der Waals surface area contributed by atoms with Gasteiger partial charge in [-0.2, -0.15) is 23.4 Å². The van der Waals surface area contributed by atoms with Gasteiger partial charge in [-0.1, -0.05) is 6.07 Å². The quantitative estimate of drug-likeness (QED) is 0.517. The second-order valence-electron chi connectivity index (χ2n) is 7.64. The van der Waals surface area contributed by atoms with Gasteiger partial charge in [-0.05, 0) is 63.2 Å². The van der Waals surface area contributed by atoms with Crippen molar-refractivity contribution in [2.24, 2.45) is 0 Å². The van der Waals surface area contributed by atoms with Crippen molar-refractivity contribution in [1.82, 2.24) is 9.97 Å². The van der Waals surface area contributed by atoms with E-state index in [-0.39, 0.29) is 11.5 Å². The molecule has 0 saturated carbocycles. The molecule has 6 nitrogen and oxygen atoms in total. The van der Waals surface area contributed by atoms with Crippen molar-refractivity contribution < 1.29 is 17.9 Å². The van der Waals surface area contributed by atoms with E-state index in [1.165, 1.54) is 6.07 Å². The Morgan fingerprint density at radius 2 is 1.68 bits per heavy atom. The fraction of sp³-hybridized carbons (Fsp3) is 0.227. The molecule has 0 atom stereocenters. The maximum Gasteiger partial charge on any atom is 0.421 e. The number of aromatic nitrogens is 2. The highest BCUT2D eigenvalue weighted by molar-refractivity contribution is 5.64. The minimum atomic E-state index is -4.65. The third-order valence-corrected chi connectivity index (χ3v) is 3.88. The number of hydrogen-bond acceptors (Lipinski definition) is 6. The predicted molar refractivity (Wildman–Crippen MR) is 112 cm³/mol. The zero-order valence-corrected chi connectivity index (χ0v) is 17.1. The average molecular weight is 427 g/mol. The van der Waals surface area contributed by atoms with Gasteiger partial charge in [0.05, 0.1) is 11.6 Å². The molecule has 3 aromatic rings. The Bertz CT molecular complexity index is 1100. The van der Waals surface area contributed by atoms with E-state index in [1.54, 1.807) is 42.5 Å². The first-order chi connectivity index (χ1) is 14.5. The number of anilines is 4. The molecule has 0 fully saturated rings. The maximum atomic E-state index is 13.4. The van der Waals surface area contributed by atoms with E-state index >= 15 is 0 Å². The van der Waals surface area contributed by atoms with Crippen LogP contribution in [0.4, 0.5) is 36.3 Å². The van der Waals surface area contributed by atoms with Crippen LogP contribution < -0.4 is 15.4 Å². The van der Waals surface area contributed by atoms with Crippen molar-refractivity contribution in [3.05, 3.63) is 65.9 Å². The molecular weight excluding hydrogens is 407 g/mol. The van der Waals surface area contributed by atoms with E-state index in [1.807, 2.05) is 26.8 Å². The van der Waals surface area contributed by atoms with Crippen molar-refractivity contribution >= 4 is 23.1 Å². The molecule has 2 N–H and O–H groups in total. The molecule has 1 aromatic heterocycles. The summed E-state index contributed by atoms with van der Waals surface area (Å²) in [4.78, 5) is 7.79. The summed E-state index contributed by atoms with van der Waals surface area (Å²) in [6.07, 6.45) is -3.94. The Hall–Kier alpha value is -3.80. The van der Waals surface area contributed by atoms with Gasteiger partial charge in [-0.15, -0.1) is 0 Å². The zero-order valence-electron chi connectivity index (χ0n) is 17.1. The van der Waals surface area contributed by atoms with Gasteiger partial charge >= 0.3 is 6.18 Å². The second kappa shape index (κ2) is 8.52. The molecule has 160 valence electrons. The van der Waals surface area contributed by atoms with E-state index in [2.05, 4.69) is 20.6 Å². The maximum absolute atomic E-state index is 13.4. The monoisotopic (exact) mass is 427 g/mol. The number of benzene rings is 2. The number of hydrogen-bond donors (Lipinski definition) is 2. The molecule has 0 aliphatic carbocycles. The molecule has 0 bridgehead atoms. The summed E-state index contributed by atoms with van der Waals surface area (Å²) < 4.78 is 46.0. The highest BCUT2D eigenvalue weighted by Gasteiger charge is 2.35. The lowest BCUT2D eigenvalue weighted by Gasteiger charge is -2.21. The second-order valence-corrected chi connectivity index (χ2v) is 7.64. The van der Waals surface area contributed by atoms with Crippen LogP contribution in [0.3, 0.4) is 0 Å². The van der Waals surface area contributed by atoms with Crippen LogP contribution in [0, 0.1) is 11.3 Å². The first-order valence-electron chi connectivity index (χ1n) is 9.31. The Kier molecular flexibility index (Phi) is 6.02. The molecule has 0 radical (unpaired) electrons. The van der Waals surface area contributed by atoms with Gasteiger partial charge in [0.15, 0.2) is 0 Å². The predicted octanol–water partition coefficient (Wildman–Crippen LogP) is 6.03. The van der Waals surface area contributed by atoms with Crippen LogP contribution in [-0.2, 0) is 6.18 Å². The van der Waals surface area contributed by atoms with Gasteiger partial charge in [0.1, 0.15) is 22.7 Å². The van der Waals surface area contributed by atoms with Crippen LogP contribution in [0.5, 0.6) is 5.75 Å². The fourth-order valence-electron chi connectivity index (χ4n) is 2.64. The summed E-state index contributed by atoms with van der Waals surface area (Å²) in [5.41, 5.74) is -0.177. The third-order valence-electron chi connectivity index (χ3n) is 3.88. The molecular formula is C22H20F3N5O. The van der Waals surface area contributed by atoms with Gasteiger partial charge in [-0.25, -0.2) is 4.98 Å². The van der Waals surface area contributed by atoms with Gasteiger partial charge in [-0.3, -0.25) is 0 Å². The van der Waals surface area contributed by atoms with Crippen LogP contribution in [0.15, 0.2) is 54.7 Å². The molecule has 0 amide bonds. The number of rotatable bonds is 5. The molecule has 0 unspecified atom stereocenters. The van der Waals surface area contributed by atoms with Crippen molar-refractivity contribution in [3.8, 4) is 11.8 Å². The lowest BCUT2D eigenvalue weighted by atomic mass is 10.2. The normalized spacial score (nSPS) is 11.5. The number of nitrogens with zero attached hydrogens (tertiary/aromatic N) is 3. The summed E-state index contributed by atoms with van der Waals surface area (Å²) in [6, 6.07) is 14.9. The summed E-state index contributed by atoms with van der Waals surface area (Å²) in [7, 11) is 0. The molecule has 2 aromatic carbocycles. The van der Waals surface area contributed by atoms with E-state index in [0.29, 0.717) is 28.9 Å². The Morgan fingerprint density at radius 3 is 2.29 bits per heavy atom. The first-order valence-corrected chi connectivity index (χ1v) is 9.31. The smallest absolute Gasteiger partial charge is 0.421 e. The van der Waals surface area contributed by atoms with Gasteiger partial charge < -0.3 is 15.4 Å². The van der Waals surface area contributed by atoms with Crippen molar-refractivity contribution in [2.75, 3.05) is 10.6 Å². The lowest BCUT2D eigenvalue weighted by Crippen LogP contribution is -2.22. The third kappa shape index (κ3) is 6.09. The van der Waals surface area contributed by atoms with Gasteiger partial charge in [0.25, 0.3) is 0 Å². The zero-order chi connectivity index (χ0) is 22.6. The van der Waals surface area contributed by atoms with Crippen LogP contribution >= 0.6 is 0 Å². The summed E-state index contributed by atoms with van der Waals surface area (Å²) >= 11 is 0. The Labute approximate surface area is 177 Å². The molecule has 3 rings (SSSR count). The molecule has 1 heterocycles. The van der Waals surface area contributed by atoms with E-state index < -0.39 is 17.6 Å². The highest BCUT2D eigenvalue weighted by atomic mass is 19.4. The molecule has 9 heteroatoms. The molecule has 0 aliphatic rings. The minimum absolute atomic E-state index is 0.0172. The van der Waals surface area contributed by atoms with Crippen LogP contribution in [0.2, 0.25) is 0 Å². The van der Waals surface area contributed by atoms with Crippen molar-refractivity contribution in [3.63, 3.8) is 0 Å². The van der Waals surface area contributed by atoms with Crippen molar-refractivity contribution in [1.29, 1.82) is 5.26 Å². The average Bonchev–Trinajstić information content (AvgIpc) is 2.68. The Balaban J connectivity index is 1.87. The van der Waals surface area contributed by atoms with Crippen LogP contribution in [-0.4, -0.2) is 15.6 Å². The van der Waals surface area contributed by atoms with Crippen LogP contribution in [0.1, 0.15) is 31.9 Å². The highest BCUT2D eigenvalue weighted by Crippen LogP contribution is 2.35. The number of alkyl halides is 3. The number of halogens is 3. The summed E-state index contributed by atoms with van der Waals surface area (Å²) in [6.45, 7) is 5.78. The standard InChI is InChI=1S/C22H20F3N5O/c1-21(2,3)31-17-9-7-15(8-10-17)29-20-27-13-18(22(23,24)25)19(30-20)28-16-6-4-5-14(11-16)12-26/h4-11,13H,1-3H3,(H2,27,28,29,30). The molecule has 0 spiro atoms. The van der Waals surface area contributed by atoms with Gasteiger partial charge in [0, 0.05) is 17.6 Å². The van der Waals surface area contributed by atoms with E-state index in [9.17, 15) is 13.2 Å². The lowest BCUT2D eigenvalue weighted by molar-refractivity contribution is -0.137. The largest absolute Gasteiger partial charge is 0.488 e. The first kappa shape index (κ1) is 21.9. The van der Waals surface area contributed by atoms with E-state index in [0.717, 1.165) is 0 Å². The molecule has 0 aliphatic heterocycles. The van der Waals surface area contributed by atoms with Gasteiger partial charge in [0.2, 0.25) is 5.95 Å². The SMILES string of the molecule is CC(C)(C)Oc1ccc(Nc2ncc(C(F)(F)F)c(Nc3cccc(C#N)c3)n2)cc1. The van der Waals surface area contributed by atoms with E-state index in [4.69, 9.17) is 10.00 Å². The number of nitriles is 1. The summed E-state index contributed by atoms with van der Waals surface area (Å²) in [5, 5.41) is 14.5. The summed E-state index contributed by atoms with van der Waals surface area (Å²) in [5.74, 6) is 0.218. The molecule has 0 saturated heterocycles. The minimum Gasteiger partial charge on any atom is -0.488 e. The topological polar surface area (TPSA) is 82.9 Å². The Morgan fingerprint density at radius 1 is 0.968 bits per heavy atom. The number of nitrogens with one attached hydrogen (secondary N) is 2. The molecule has 31 heavy (non-hydrogen) atoms. The number of ether oxygens (including phenoxy) is 1. The van der Waals surface area contributed by atoms with Crippen molar-refractivity contribution in [2.45, 2.75) is 32.5 Å². The fourth-order valence-corrected chi connectivity index (χ4v) is 2.64. The van der Waals surface area contributed by atoms with Crippen LogP contribution in [0.25, 0.3) is 0 Å².